The summed E-state index contributed by atoms with van der Waals surface area (Å²) in [5.74, 6) is 2.01. The van der Waals surface area contributed by atoms with Crippen LogP contribution in [-0.4, -0.2) is 29.5 Å². The summed E-state index contributed by atoms with van der Waals surface area (Å²) in [7, 11) is 0. The SMILES string of the molecule is CC(C)N(C(=C=O)CNOCc1ccccc1)C(C)C. The average molecular weight is 276 g/mol. The molecule has 0 aliphatic heterocycles. The van der Waals surface area contributed by atoms with Crippen LogP contribution in [0.15, 0.2) is 36.0 Å². The molecule has 0 saturated carbocycles. The Kier molecular flexibility index (Phi) is 7.02. The van der Waals surface area contributed by atoms with E-state index in [0.29, 0.717) is 18.8 Å². The minimum absolute atomic E-state index is 0.252. The molecular formula is C16H24N2O2. The normalized spacial score (nSPS) is 10.7. The molecule has 0 bridgehead atoms. The second-order valence-corrected chi connectivity index (χ2v) is 5.24. The molecule has 1 rings (SSSR count). The van der Waals surface area contributed by atoms with E-state index in [1.54, 1.807) is 0 Å². The highest BCUT2D eigenvalue weighted by Crippen LogP contribution is 2.11. The summed E-state index contributed by atoms with van der Waals surface area (Å²) >= 11 is 0. The Hall–Kier alpha value is -1.61. The van der Waals surface area contributed by atoms with E-state index < -0.39 is 0 Å². The molecule has 0 aromatic heterocycles. The van der Waals surface area contributed by atoms with Crippen molar-refractivity contribution in [1.29, 1.82) is 0 Å². The zero-order chi connectivity index (χ0) is 15.0. The Labute approximate surface area is 121 Å². The molecule has 1 N–H and O–H groups in total. The number of hydroxylamine groups is 1. The fraction of sp³-hybridized carbons (Fsp3) is 0.500. The second kappa shape index (κ2) is 8.54. The van der Waals surface area contributed by atoms with E-state index in [2.05, 4.69) is 33.2 Å². The quantitative estimate of drug-likeness (QED) is 0.450. The maximum absolute atomic E-state index is 11.1. The van der Waals surface area contributed by atoms with E-state index in [4.69, 9.17) is 4.84 Å². The van der Waals surface area contributed by atoms with Crippen LogP contribution >= 0.6 is 0 Å². The molecule has 0 atom stereocenters. The highest BCUT2D eigenvalue weighted by molar-refractivity contribution is 5.52. The molecule has 0 amide bonds. The highest BCUT2D eigenvalue weighted by Gasteiger charge is 2.17. The Balaban J connectivity index is 2.44. The summed E-state index contributed by atoms with van der Waals surface area (Å²) in [6.45, 7) is 9.05. The van der Waals surface area contributed by atoms with Crippen molar-refractivity contribution in [3.63, 3.8) is 0 Å². The zero-order valence-corrected chi connectivity index (χ0v) is 12.7. The maximum atomic E-state index is 11.1. The minimum Gasteiger partial charge on any atom is -0.360 e. The topological polar surface area (TPSA) is 41.6 Å². The summed E-state index contributed by atoms with van der Waals surface area (Å²) < 4.78 is 0. The first-order chi connectivity index (χ1) is 9.56. The summed E-state index contributed by atoms with van der Waals surface area (Å²) in [6.07, 6.45) is 0. The van der Waals surface area contributed by atoms with Crippen molar-refractivity contribution in [1.82, 2.24) is 10.4 Å². The van der Waals surface area contributed by atoms with E-state index in [9.17, 15) is 4.79 Å². The summed E-state index contributed by atoms with van der Waals surface area (Å²) in [5.41, 5.74) is 4.50. The Bertz CT molecular complexity index is 429. The predicted octanol–water partition coefficient (Wildman–Crippen LogP) is 2.54. The van der Waals surface area contributed by atoms with Gasteiger partial charge in [-0.25, -0.2) is 4.79 Å². The lowest BCUT2D eigenvalue weighted by Crippen LogP contribution is -2.40. The Morgan fingerprint density at radius 3 is 2.30 bits per heavy atom. The van der Waals surface area contributed by atoms with Crippen LogP contribution in [0.3, 0.4) is 0 Å². The molecule has 4 nitrogen and oxygen atoms in total. The van der Waals surface area contributed by atoms with Crippen molar-refractivity contribution in [2.45, 2.75) is 46.4 Å². The van der Waals surface area contributed by atoms with Gasteiger partial charge in [-0.3, -0.25) is 4.84 Å². The molecule has 0 radical (unpaired) electrons. The molecule has 0 heterocycles. The number of hydrogen-bond acceptors (Lipinski definition) is 4. The summed E-state index contributed by atoms with van der Waals surface area (Å²) in [6, 6.07) is 10.4. The number of benzene rings is 1. The van der Waals surface area contributed by atoms with Crippen molar-refractivity contribution in [2.75, 3.05) is 6.54 Å². The van der Waals surface area contributed by atoms with E-state index >= 15 is 0 Å². The van der Waals surface area contributed by atoms with Crippen LogP contribution in [0.4, 0.5) is 0 Å². The van der Waals surface area contributed by atoms with Crippen LogP contribution in [0.25, 0.3) is 0 Å². The van der Waals surface area contributed by atoms with Gasteiger partial charge < -0.3 is 4.90 Å². The largest absolute Gasteiger partial charge is 0.360 e. The standard InChI is InChI=1S/C16H24N2O2/c1-13(2)18(14(3)4)16(11-19)10-17-20-12-15-8-6-5-7-9-15/h5-9,13-14,17H,10,12H2,1-4H3. The molecular weight excluding hydrogens is 252 g/mol. The van der Waals surface area contributed by atoms with Crippen LogP contribution in [-0.2, 0) is 16.2 Å². The molecule has 0 unspecified atom stereocenters. The van der Waals surface area contributed by atoms with Crippen LogP contribution in [0.5, 0.6) is 0 Å². The van der Waals surface area contributed by atoms with Gasteiger partial charge in [-0.05, 0) is 33.3 Å². The van der Waals surface area contributed by atoms with Gasteiger partial charge in [0.25, 0.3) is 0 Å². The van der Waals surface area contributed by atoms with E-state index in [1.165, 1.54) is 0 Å². The van der Waals surface area contributed by atoms with E-state index in [-0.39, 0.29) is 12.1 Å². The molecule has 0 spiro atoms. The third-order valence-corrected chi connectivity index (χ3v) is 2.97. The van der Waals surface area contributed by atoms with Gasteiger partial charge in [0, 0.05) is 12.1 Å². The Morgan fingerprint density at radius 2 is 1.80 bits per heavy atom. The van der Waals surface area contributed by atoms with E-state index in [1.807, 2.05) is 41.2 Å². The van der Waals surface area contributed by atoms with Crippen LogP contribution in [0.2, 0.25) is 0 Å². The van der Waals surface area contributed by atoms with Gasteiger partial charge >= 0.3 is 0 Å². The average Bonchev–Trinajstić information content (AvgIpc) is 2.42. The third kappa shape index (κ3) is 5.17. The lowest BCUT2D eigenvalue weighted by molar-refractivity contribution is 0.0281. The summed E-state index contributed by atoms with van der Waals surface area (Å²) in [5, 5.41) is 0. The third-order valence-electron chi connectivity index (χ3n) is 2.97. The molecule has 0 aliphatic rings. The van der Waals surface area contributed by atoms with E-state index in [0.717, 1.165) is 5.56 Å². The van der Waals surface area contributed by atoms with Gasteiger partial charge in [0.15, 0.2) is 0 Å². The molecule has 0 saturated heterocycles. The second-order valence-electron chi connectivity index (χ2n) is 5.24. The van der Waals surface area contributed by atoms with Gasteiger partial charge in [-0.1, -0.05) is 30.3 Å². The van der Waals surface area contributed by atoms with Crippen molar-refractivity contribution >= 4 is 5.94 Å². The lowest BCUT2D eigenvalue weighted by Gasteiger charge is -2.33. The van der Waals surface area contributed by atoms with Gasteiger partial charge in [0.1, 0.15) is 11.6 Å². The smallest absolute Gasteiger partial charge is 0.147 e. The minimum atomic E-state index is 0.252. The fourth-order valence-corrected chi connectivity index (χ4v) is 2.23. The van der Waals surface area contributed by atoms with Crippen molar-refractivity contribution in [3.8, 4) is 0 Å². The first kappa shape index (κ1) is 16.4. The van der Waals surface area contributed by atoms with Gasteiger partial charge in [0.05, 0.1) is 13.2 Å². The predicted molar refractivity (Wildman–Crippen MR) is 80.6 cm³/mol. The molecule has 20 heavy (non-hydrogen) atoms. The molecule has 4 heteroatoms. The monoisotopic (exact) mass is 276 g/mol. The number of carbonyl (C=O) groups excluding carboxylic acids is 1. The number of rotatable bonds is 8. The number of nitrogens with zero attached hydrogens (tertiary/aromatic N) is 1. The molecule has 1 aromatic rings. The maximum Gasteiger partial charge on any atom is 0.147 e. The van der Waals surface area contributed by atoms with Gasteiger partial charge in [-0.15, -0.1) is 0 Å². The fourth-order valence-electron chi connectivity index (χ4n) is 2.23. The van der Waals surface area contributed by atoms with Gasteiger partial charge in [0.2, 0.25) is 0 Å². The van der Waals surface area contributed by atoms with Gasteiger partial charge in [-0.2, -0.15) is 5.48 Å². The number of nitrogens with one attached hydrogen (secondary N) is 1. The molecule has 110 valence electrons. The van der Waals surface area contributed by atoms with Crippen molar-refractivity contribution in [3.05, 3.63) is 41.6 Å². The summed E-state index contributed by atoms with van der Waals surface area (Å²) in [4.78, 5) is 18.5. The molecule has 1 aromatic carbocycles. The zero-order valence-electron chi connectivity index (χ0n) is 12.7. The first-order valence-electron chi connectivity index (χ1n) is 6.97. The van der Waals surface area contributed by atoms with Crippen LogP contribution < -0.4 is 5.48 Å². The highest BCUT2D eigenvalue weighted by atomic mass is 16.6. The molecule has 0 aliphatic carbocycles. The lowest BCUT2D eigenvalue weighted by atomic mass is 10.2. The van der Waals surface area contributed by atoms with Crippen molar-refractivity contribution in [2.24, 2.45) is 0 Å². The Morgan fingerprint density at radius 1 is 1.20 bits per heavy atom. The van der Waals surface area contributed by atoms with Crippen LogP contribution in [0, 0.1) is 0 Å². The van der Waals surface area contributed by atoms with Crippen molar-refractivity contribution < 1.29 is 9.63 Å². The van der Waals surface area contributed by atoms with Crippen LogP contribution in [0.1, 0.15) is 33.3 Å². The first-order valence-corrected chi connectivity index (χ1v) is 6.97. The molecule has 0 fully saturated rings. The number of hydrogen-bond donors (Lipinski definition) is 1.